The lowest BCUT2D eigenvalue weighted by Gasteiger charge is -2.34. The van der Waals surface area contributed by atoms with Gasteiger partial charge in [0.15, 0.2) is 0 Å². The van der Waals surface area contributed by atoms with Gasteiger partial charge in [0.05, 0.1) is 11.4 Å². The van der Waals surface area contributed by atoms with Gasteiger partial charge in [-0.15, -0.1) is 0 Å². The molecule has 20 heavy (non-hydrogen) atoms. The van der Waals surface area contributed by atoms with E-state index in [0.29, 0.717) is 31.0 Å². The molecule has 0 atom stereocenters. The SMILES string of the molecule is NC(=S)CN1CCN(C(=O)Cc2ccc(F)cc2)CC1. The van der Waals surface area contributed by atoms with Gasteiger partial charge < -0.3 is 10.6 Å². The molecule has 1 aliphatic rings. The quantitative estimate of drug-likeness (QED) is 0.835. The Balaban J connectivity index is 1.82. The minimum Gasteiger partial charge on any atom is -0.392 e. The van der Waals surface area contributed by atoms with Crippen molar-refractivity contribution in [2.24, 2.45) is 5.73 Å². The van der Waals surface area contributed by atoms with Gasteiger partial charge in [-0.3, -0.25) is 9.69 Å². The number of piperazine rings is 1. The maximum atomic E-state index is 12.8. The van der Waals surface area contributed by atoms with E-state index >= 15 is 0 Å². The minimum absolute atomic E-state index is 0.0755. The predicted molar refractivity (Wildman–Crippen MR) is 79.9 cm³/mol. The van der Waals surface area contributed by atoms with Crippen LogP contribution in [-0.2, 0) is 11.2 Å². The van der Waals surface area contributed by atoms with Crippen molar-refractivity contribution in [3.63, 3.8) is 0 Å². The zero-order valence-electron chi connectivity index (χ0n) is 11.2. The third kappa shape index (κ3) is 4.25. The van der Waals surface area contributed by atoms with Crippen LogP contribution in [0.5, 0.6) is 0 Å². The molecule has 1 aliphatic heterocycles. The molecule has 1 amide bonds. The van der Waals surface area contributed by atoms with E-state index in [-0.39, 0.29) is 11.7 Å². The molecule has 0 spiro atoms. The normalized spacial score (nSPS) is 16.1. The Labute approximate surface area is 123 Å². The summed E-state index contributed by atoms with van der Waals surface area (Å²) >= 11 is 4.88. The molecule has 0 aliphatic carbocycles. The van der Waals surface area contributed by atoms with Crippen LogP contribution in [0.15, 0.2) is 24.3 Å². The van der Waals surface area contributed by atoms with Crippen LogP contribution in [0.3, 0.4) is 0 Å². The van der Waals surface area contributed by atoms with Crippen molar-refractivity contribution in [1.29, 1.82) is 0 Å². The number of carbonyl (C=O) groups excluding carboxylic acids is 1. The number of halogens is 1. The molecule has 0 aromatic heterocycles. The molecule has 1 aromatic rings. The number of thiocarbonyl (C=S) groups is 1. The zero-order chi connectivity index (χ0) is 14.5. The Morgan fingerprint density at radius 2 is 1.80 bits per heavy atom. The zero-order valence-corrected chi connectivity index (χ0v) is 12.0. The third-order valence-corrected chi connectivity index (χ3v) is 3.50. The van der Waals surface area contributed by atoms with Crippen LogP contribution in [0.1, 0.15) is 5.56 Å². The molecule has 1 heterocycles. The fraction of sp³-hybridized carbons (Fsp3) is 0.429. The summed E-state index contributed by atoms with van der Waals surface area (Å²) in [6, 6.07) is 6.05. The summed E-state index contributed by atoms with van der Waals surface area (Å²) in [5, 5.41) is 0. The molecular formula is C14H18FN3OS. The van der Waals surface area contributed by atoms with Crippen molar-refractivity contribution in [1.82, 2.24) is 9.80 Å². The molecule has 6 heteroatoms. The number of amides is 1. The lowest BCUT2D eigenvalue weighted by atomic mass is 10.1. The van der Waals surface area contributed by atoms with Crippen molar-refractivity contribution in [2.75, 3.05) is 32.7 Å². The van der Waals surface area contributed by atoms with Gasteiger partial charge in [-0.25, -0.2) is 4.39 Å². The average molecular weight is 295 g/mol. The Bertz CT molecular complexity index is 484. The number of nitrogens with zero attached hydrogens (tertiary/aromatic N) is 2. The first-order valence-electron chi connectivity index (χ1n) is 6.57. The van der Waals surface area contributed by atoms with Gasteiger partial charge >= 0.3 is 0 Å². The highest BCUT2D eigenvalue weighted by molar-refractivity contribution is 7.80. The van der Waals surface area contributed by atoms with Crippen LogP contribution in [0.4, 0.5) is 4.39 Å². The van der Waals surface area contributed by atoms with E-state index < -0.39 is 0 Å². The fourth-order valence-electron chi connectivity index (χ4n) is 2.26. The number of benzene rings is 1. The molecule has 4 nitrogen and oxygen atoms in total. The summed E-state index contributed by atoms with van der Waals surface area (Å²) < 4.78 is 12.8. The number of rotatable bonds is 4. The average Bonchev–Trinajstić information content (AvgIpc) is 2.41. The molecular weight excluding hydrogens is 277 g/mol. The standard InChI is InChI=1S/C14H18FN3OS/c15-12-3-1-11(2-4-12)9-14(19)18-7-5-17(6-8-18)10-13(16)20/h1-4H,5-10H2,(H2,16,20). The Kier molecular flexibility index (Phi) is 5.03. The van der Waals surface area contributed by atoms with Crippen molar-refractivity contribution < 1.29 is 9.18 Å². The van der Waals surface area contributed by atoms with Gasteiger partial charge in [0.2, 0.25) is 5.91 Å². The molecule has 0 saturated carbocycles. The van der Waals surface area contributed by atoms with Gasteiger partial charge in [0, 0.05) is 32.7 Å². The van der Waals surface area contributed by atoms with E-state index in [2.05, 4.69) is 4.90 Å². The molecule has 1 aromatic carbocycles. The van der Waals surface area contributed by atoms with Crippen LogP contribution in [0.25, 0.3) is 0 Å². The Morgan fingerprint density at radius 1 is 1.20 bits per heavy atom. The van der Waals surface area contributed by atoms with Crippen molar-refractivity contribution >= 4 is 23.1 Å². The minimum atomic E-state index is -0.285. The summed E-state index contributed by atoms with van der Waals surface area (Å²) in [5.74, 6) is -0.209. The summed E-state index contributed by atoms with van der Waals surface area (Å²) in [4.78, 5) is 16.6. The number of carbonyl (C=O) groups is 1. The number of hydrogen-bond acceptors (Lipinski definition) is 3. The van der Waals surface area contributed by atoms with Crippen molar-refractivity contribution in [3.05, 3.63) is 35.6 Å². The molecule has 2 rings (SSSR count). The second-order valence-electron chi connectivity index (χ2n) is 4.93. The monoisotopic (exact) mass is 295 g/mol. The maximum Gasteiger partial charge on any atom is 0.227 e. The first-order chi connectivity index (χ1) is 9.54. The van der Waals surface area contributed by atoms with E-state index in [0.717, 1.165) is 18.7 Å². The summed E-state index contributed by atoms with van der Waals surface area (Å²) in [6.07, 6.45) is 0.315. The predicted octanol–water partition coefficient (Wildman–Crippen LogP) is 0.798. The second kappa shape index (κ2) is 6.76. The van der Waals surface area contributed by atoms with E-state index in [1.54, 1.807) is 12.1 Å². The largest absolute Gasteiger partial charge is 0.392 e. The van der Waals surface area contributed by atoms with Crippen LogP contribution in [0.2, 0.25) is 0 Å². The summed E-state index contributed by atoms with van der Waals surface area (Å²) in [6.45, 7) is 3.54. The van der Waals surface area contributed by atoms with Crippen LogP contribution < -0.4 is 5.73 Å². The molecule has 108 valence electrons. The van der Waals surface area contributed by atoms with E-state index in [1.165, 1.54) is 12.1 Å². The first-order valence-corrected chi connectivity index (χ1v) is 6.98. The van der Waals surface area contributed by atoms with Gasteiger partial charge in [0.1, 0.15) is 5.82 Å². The van der Waals surface area contributed by atoms with Gasteiger partial charge in [0.25, 0.3) is 0 Å². The third-order valence-electron chi connectivity index (χ3n) is 3.37. The van der Waals surface area contributed by atoms with E-state index in [9.17, 15) is 9.18 Å². The van der Waals surface area contributed by atoms with Gasteiger partial charge in [-0.2, -0.15) is 0 Å². The van der Waals surface area contributed by atoms with Crippen LogP contribution in [0, 0.1) is 5.82 Å². The van der Waals surface area contributed by atoms with Crippen molar-refractivity contribution in [3.8, 4) is 0 Å². The molecule has 0 radical (unpaired) electrons. The van der Waals surface area contributed by atoms with Gasteiger partial charge in [-0.05, 0) is 17.7 Å². The first kappa shape index (κ1) is 14.9. The molecule has 0 bridgehead atoms. The van der Waals surface area contributed by atoms with Gasteiger partial charge in [-0.1, -0.05) is 24.4 Å². The molecule has 1 saturated heterocycles. The Hall–Kier alpha value is -1.53. The second-order valence-corrected chi connectivity index (χ2v) is 5.45. The summed E-state index contributed by atoms with van der Waals surface area (Å²) in [5.41, 5.74) is 6.35. The number of hydrogen-bond donors (Lipinski definition) is 1. The molecule has 1 fully saturated rings. The molecule has 0 unspecified atom stereocenters. The van der Waals surface area contributed by atoms with Crippen LogP contribution >= 0.6 is 12.2 Å². The van der Waals surface area contributed by atoms with E-state index in [4.69, 9.17) is 18.0 Å². The highest BCUT2D eigenvalue weighted by Crippen LogP contribution is 2.08. The van der Waals surface area contributed by atoms with Crippen molar-refractivity contribution in [2.45, 2.75) is 6.42 Å². The maximum absolute atomic E-state index is 12.8. The highest BCUT2D eigenvalue weighted by Gasteiger charge is 2.21. The molecule has 2 N–H and O–H groups in total. The lowest BCUT2D eigenvalue weighted by molar-refractivity contribution is -0.132. The Morgan fingerprint density at radius 3 is 2.35 bits per heavy atom. The lowest BCUT2D eigenvalue weighted by Crippen LogP contribution is -2.50. The van der Waals surface area contributed by atoms with Crippen LogP contribution in [-0.4, -0.2) is 53.4 Å². The van der Waals surface area contributed by atoms with E-state index in [1.807, 2.05) is 4.90 Å². The number of nitrogens with two attached hydrogens (primary N) is 1. The fourth-order valence-corrected chi connectivity index (χ4v) is 2.45. The summed E-state index contributed by atoms with van der Waals surface area (Å²) in [7, 11) is 0. The highest BCUT2D eigenvalue weighted by atomic mass is 32.1. The topological polar surface area (TPSA) is 49.6 Å². The smallest absolute Gasteiger partial charge is 0.227 e.